The molecule has 1 saturated heterocycles. The van der Waals surface area contributed by atoms with Gasteiger partial charge in [-0.25, -0.2) is 17.6 Å². The third kappa shape index (κ3) is 2.61. The molecule has 0 unspecified atom stereocenters. The van der Waals surface area contributed by atoms with Crippen molar-refractivity contribution in [1.82, 2.24) is 10.2 Å². The zero-order valence-corrected chi connectivity index (χ0v) is 10.4. The smallest absolute Gasteiger partial charge is 0.317 e. The number of carbonyl (C=O) groups excluding carboxylic acids is 1. The van der Waals surface area contributed by atoms with E-state index in [9.17, 15) is 17.6 Å². The van der Waals surface area contributed by atoms with Gasteiger partial charge in [-0.05, 0) is 12.1 Å². The van der Waals surface area contributed by atoms with Crippen molar-refractivity contribution < 1.29 is 17.6 Å². The molecule has 98 valence electrons. The molecule has 7 heteroatoms. The highest BCUT2D eigenvalue weighted by molar-refractivity contribution is 7.91. The maximum absolute atomic E-state index is 13.4. The first-order chi connectivity index (χ1) is 8.50. The van der Waals surface area contributed by atoms with Crippen LogP contribution in [-0.2, 0) is 9.84 Å². The molecule has 1 aliphatic rings. The average molecular weight is 272 g/mol. The Labute approximate surface area is 105 Å². The van der Waals surface area contributed by atoms with Gasteiger partial charge in [0.1, 0.15) is 10.7 Å². The maximum Gasteiger partial charge on any atom is 0.317 e. The van der Waals surface area contributed by atoms with Crippen LogP contribution in [-0.4, -0.2) is 44.7 Å². The van der Waals surface area contributed by atoms with Crippen LogP contribution in [0.4, 0.5) is 9.18 Å². The average Bonchev–Trinajstić information content (AvgIpc) is 2.73. The Hall–Kier alpha value is -1.63. The van der Waals surface area contributed by atoms with Crippen LogP contribution in [0.2, 0.25) is 0 Å². The minimum atomic E-state index is -3.70. The van der Waals surface area contributed by atoms with Gasteiger partial charge >= 0.3 is 6.03 Å². The van der Waals surface area contributed by atoms with Gasteiger partial charge in [-0.15, -0.1) is 0 Å². The van der Waals surface area contributed by atoms with Crippen molar-refractivity contribution in [3.8, 4) is 0 Å². The van der Waals surface area contributed by atoms with Gasteiger partial charge in [-0.2, -0.15) is 0 Å². The Bertz CT molecular complexity index is 559. The van der Waals surface area contributed by atoms with Crippen LogP contribution in [0.3, 0.4) is 0 Å². The fourth-order valence-corrected chi connectivity index (χ4v) is 3.09. The molecule has 0 radical (unpaired) electrons. The number of nitrogens with one attached hydrogen (secondary N) is 1. The Morgan fingerprint density at radius 3 is 2.67 bits per heavy atom. The first-order valence-electron chi connectivity index (χ1n) is 5.51. The molecule has 2 amide bonds. The minimum absolute atomic E-state index is 0.0719. The van der Waals surface area contributed by atoms with E-state index >= 15 is 0 Å². The number of sulfone groups is 1. The van der Waals surface area contributed by atoms with Gasteiger partial charge in [0.2, 0.25) is 0 Å². The summed E-state index contributed by atoms with van der Waals surface area (Å²) in [6.07, 6.45) is 0. The lowest BCUT2D eigenvalue weighted by Crippen LogP contribution is -2.32. The Morgan fingerprint density at radius 1 is 1.33 bits per heavy atom. The molecule has 0 spiro atoms. The van der Waals surface area contributed by atoms with Crippen molar-refractivity contribution in [2.24, 2.45) is 0 Å². The highest BCUT2D eigenvalue weighted by Crippen LogP contribution is 2.15. The molecule has 1 N–H and O–H groups in total. The van der Waals surface area contributed by atoms with Crippen LogP contribution in [0.1, 0.15) is 0 Å². The molecule has 1 heterocycles. The van der Waals surface area contributed by atoms with E-state index in [0.29, 0.717) is 13.1 Å². The minimum Gasteiger partial charge on any atom is -0.336 e. The molecule has 0 aliphatic carbocycles. The largest absolute Gasteiger partial charge is 0.336 e. The van der Waals surface area contributed by atoms with Gasteiger partial charge in [0.05, 0.1) is 5.75 Å². The summed E-state index contributed by atoms with van der Waals surface area (Å²) < 4.78 is 37.2. The van der Waals surface area contributed by atoms with E-state index < -0.39 is 15.7 Å². The number of urea groups is 1. The number of hydrogen-bond acceptors (Lipinski definition) is 3. The van der Waals surface area contributed by atoms with Crippen molar-refractivity contribution in [2.45, 2.75) is 4.90 Å². The second-order valence-electron chi connectivity index (χ2n) is 3.97. The molecule has 0 bridgehead atoms. The number of halogens is 1. The highest BCUT2D eigenvalue weighted by Gasteiger charge is 2.24. The van der Waals surface area contributed by atoms with Crippen LogP contribution in [0, 0.1) is 5.82 Å². The molecular weight excluding hydrogens is 259 g/mol. The molecule has 1 aromatic rings. The number of amides is 2. The Morgan fingerprint density at radius 2 is 2.06 bits per heavy atom. The first kappa shape index (κ1) is 12.8. The number of benzene rings is 1. The normalized spacial score (nSPS) is 15.8. The van der Waals surface area contributed by atoms with Crippen molar-refractivity contribution in [2.75, 3.05) is 25.4 Å². The predicted octanol–water partition coefficient (Wildman–Crippen LogP) is 0.625. The van der Waals surface area contributed by atoms with Crippen LogP contribution in [0.25, 0.3) is 0 Å². The lowest BCUT2D eigenvalue weighted by Gasteiger charge is -2.14. The topological polar surface area (TPSA) is 66.5 Å². The molecule has 0 aromatic heterocycles. The summed E-state index contributed by atoms with van der Waals surface area (Å²) in [6, 6.07) is 4.96. The Kier molecular flexibility index (Phi) is 3.51. The third-order valence-electron chi connectivity index (χ3n) is 2.75. The SMILES string of the molecule is O=C1NCCN1CCS(=O)(=O)c1ccccc1F. The second kappa shape index (κ2) is 4.93. The number of hydrogen-bond donors (Lipinski definition) is 1. The second-order valence-corrected chi connectivity index (χ2v) is 6.05. The lowest BCUT2D eigenvalue weighted by molar-refractivity contribution is 0.220. The molecule has 1 aromatic carbocycles. The van der Waals surface area contributed by atoms with Gasteiger partial charge < -0.3 is 10.2 Å². The van der Waals surface area contributed by atoms with Crippen LogP contribution < -0.4 is 5.32 Å². The molecule has 2 rings (SSSR count). The monoisotopic (exact) mass is 272 g/mol. The third-order valence-corrected chi connectivity index (χ3v) is 4.47. The fraction of sp³-hybridized carbons (Fsp3) is 0.364. The zero-order valence-electron chi connectivity index (χ0n) is 9.60. The van der Waals surface area contributed by atoms with E-state index in [1.54, 1.807) is 0 Å². The summed E-state index contributed by atoms with van der Waals surface area (Å²) in [5.41, 5.74) is 0. The van der Waals surface area contributed by atoms with Gasteiger partial charge in [0.25, 0.3) is 0 Å². The summed E-state index contributed by atoms with van der Waals surface area (Å²) in [6.45, 7) is 1.06. The van der Waals surface area contributed by atoms with E-state index in [4.69, 9.17) is 0 Å². The van der Waals surface area contributed by atoms with E-state index in [2.05, 4.69) is 5.32 Å². The van der Waals surface area contributed by atoms with Crippen molar-refractivity contribution >= 4 is 15.9 Å². The zero-order chi connectivity index (χ0) is 13.2. The standard InChI is InChI=1S/C11H13FN2O3S/c12-9-3-1-2-4-10(9)18(16,17)8-7-14-6-5-13-11(14)15/h1-4H,5-8H2,(H,13,15). The van der Waals surface area contributed by atoms with Gasteiger partial charge in [-0.1, -0.05) is 12.1 Å². The van der Waals surface area contributed by atoms with Crippen molar-refractivity contribution in [3.05, 3.63) is 30.1 Å². The summed E-state index contributed by atoms with van der Waals surface area (Å²) in [4.78, 5) is 12.3. The molecule has 5 nitrogen and oxygen atoms in total. The molecule has 0 atom stereocenters. The maximum atomic E-state index is 13.4. The fourth-order valence-electron chi connectivity index (χ4n) is 1.76. The Balaban J connectivity index is 2.08. The molecule has 0 saturated carbocycles. The van der Waals surface area contributed by atoms with Gasteiger partial charge in [-0.3, -0.25) is 0 Å². The number of nitrogens with zero attached hydrogens (tertiary/aromatic N) is 1. The summed E-state index contributed by atoms with van der Waals surface area (Å²) in [5.74, 6) is -1.04. The van der Waals surface area contributed by atoms with Crippen molar-refractivity contribution in [1.29, 1.82) is 0 Å². The van der Waals surface area contributed by atoms with Crippen LogP contribution in [0.15, 0.2) is 29.2 Å². The van der Waals surface area contributed by atoms with Crippen LogP contribution in [0.5, 0.6) is 0 Å². The summed E-state index contributed by atoms with van der Waals surface area (Å²) >= 11 is 0. The quantitative estimate of drug-likeness (QED) is 0.874. The van der Waals surface area contributed by atoms with Crippen LogP contribution >= 0.6 is 0 Å². The molecular formula is C11H13FN2O3S. The predicted molar refractivity (Wildman–Crippen MR) is 63.4 cm³/mol. The first-order valence-corrected chi connectivity index (χ1v) is 7.16. The molecule has 18 heavy (non-hydrogen) atoms. The van der Waals surface area contributed by atoms with E-state index in [1.165, 1.54) is 23.1 Å². The van der Waals surface area contributed by atoms with Gasteiger partial charge in [0.15, 0.2) is 9.84 Å². The van der Waals surface area contributed by atoms with Crippen molar-refractivity contribution in [3.63, 3.8) is 0 Å². The molecule has 1 fully saturated rings. The molecule has 1 aliphatic heterocycles. The van der Waals surface area contributed by atoms with E-state index in [1.807, 2.05) is 0 Å². The number of carbonyl (C=O) groups is 1. The number of rotatable bonds is 4. The summed E-state index contributed by atoms with van der Waals surface area (Å²) in [5, 5.41) is 2.58. The lowest BCUT2D eigenvalue weighted by atomic mass is 10.3. The van der Waals surface area contributed by atoms with E-state index in [-0.39, 0.29) is 23.2 Å². The van der Waals surface area contributed by atoms with E-state index in [0.717, 1.165) is 6.07 Å². The summed E-state index contributed by atoms with van der Waals surface area (Å²) in [7, 11) is -3.70. The van der Waals surface area contributed by atoms with Gasteiger partial charge in [0, 0.05) is 19.6 Å². The highest BCUT2D eigenvalue weighted by atomic mass is 32.2.